The molecule has 0 radical (unpaired) electrons. The van der Waals surface area contributed by atoms with E-state index in [1.807, 2.05) is 24.3 Å². The van der Waals surface area contributed by atoms with Gasteiger partial charge in [0.05, 0.1) is 15.8 Å². The summed E-state index contributed by atoms with van der Waals surface area (Å²) in [4.78, 5) is 17.0. The van der Waals surface area contributed by atoms with Crippen LogP contribution in [0.1, 0.15) is 10.4 Å². The number of phenols is 1. The Kier molecular flexibility index (Phi) is 4.89. The first-order chi connectivity index (χ1) is 15.1. The number of carbonyl (C=O) groups is 1. The van der Waals surface area contributed by atoms with Crippen molar-refractivity contribution >= 4 is 50.5 Å². The molecule has 0 atom stereocenters. The molecule has 2 heterocycles. The lowest BCUT2D eigenvalue weighted by Gasteiger charge is -2.11. The topological polar surface area (TPSA) is 92.7 Å². The molecule has 5 rings (SSSR count). The van der Waals surface area contributed by atoms with Crippen molar-refractivity contribution in [2.24, 2.45) is 0 Å². The number of amides is 1. The van der Waals surface area contributed by atoms with Crippen LogP contribution in [0.25, 0.3) is 20.8 Å². The van der Waals surface area contributed by atoms with Gasteiger partial charge < -0.3 is 19.9 Å². The lowest BCUT2D eigenvalue weighted by Crippen LogP contribution is -2.34. The number of nitrogens with zero attached hydrogens (tertiary/aromatic N) is 1. The highest BCUT2D eigenvalue weighted by Crippen LogP contribution is 2.36. The smallest absolute Gasteiger partial charge is 0.257 e. The van der Waals surface area contributed by atoms with E-state index < -0.39 is 0 Å². The van der Waals surface area contributed by atoms with Gasteiger partial charge in [-0.3, -0.25) is 10.1 Å². The highest BCUT2D eigenvalue weighted by atomic mass is 32.1. The zero-order valence-electron chi connectivity index (χ0n) is 15.9. The maximum Gasteiger partial charge on any atom is 0.257 e. The van der Waals surface area contributed by atoms with Gasteiger partial charge in [0.15, 0.2) is 16.6 Å². The summed E-state index contributed by atoms with van der Waals surface area (Å²) in [6, 6.07) is 17.8. The van der Waals surface area contributed by atoms with Gasteiger partial charge >= 0.3 is 0 Å². The zero-order valence-corrected chi connectivity index (χ0v) is 17.5. The number of thiazole rings is 1. The van der Waals surface area contributed by atoms with E-state index in [9.17, 15) is 9.90 Å². The largest absolute Gasteiger partial charge is 0.507 e. The van der Waals surface area contributed by atoms with E-state index in [2.05, 4.69) is 15.6 Å². The Morgan fingerprint density at radius 3 is 2.74 bits per heavy atom. The first-order valence-electron chi connectivity index (χ1n) is 9.28. The van der Waals surface area contributed by atoms with Crippen LogP contribution >= 0.6 is 23.6 Å². The molecule has 0 saturated carbocycles. The maximum atomic E-state index is 12.4. The van der Waals surface area contributed by atoms with E-state index >= 15 is 0 Å². The molecule has 1 amide bonds. The van der Waals surface area contributed by atoms with Crippen LogP contribution in [0.5, 0.6) is 17.2 Å². The predicted molar refractivity (Wildman–Crippen MR) is 123 cm³/mol. The van der Waals surface area contributed by atoms with Crippen LogP contribution in [-0.4, -0.2) is 27.9 Å². The van der Waals surface area contributed by atoms with Gasteiger partial charge in [0, 0.05) is 17.3 Å². The summed E-state index contributed by atoms with van der Waals surface area (Å²) in [5.41, 5.74) is 2.44. The monoisotopic (exact) mass is 449 g/mol. The van der Waals surface area contributed by atoms with Gasteiger partial charge in [-0.2, -0.15) is 0 Å². The number of anilines is 1. The second-order valence-corrected chi connectivity index (χ2v) is 8.13. The summed E-state index contributed by atoms with van der Waals surface area (Å²) in [7, 11) is 0. The Hall–Kier alpha value is -3.69. The fourth-order valence-corrected chi connectivity index (χ4v) is 4.36. The van der Waals surface area contributed by atoms with Crippen LogP contribution in [-0.2, 0) is 0 Å². The van der Waals surface area contributed by atoms with Crippen molar-refractivity contribution in [3.63, 3.8) is 0 Å². The molecule has 7 nitrogen and oxygen atoms in total. The number of nitrogens with one attached hydrogen (secondary N) is 2. The first kappa shape index (κ1) is 19.3. The van der Waals surface area contributed by atoms with Crippen LogP contribution in [0.2, 0.25) is 0 Å². The summed E-state index contributed by atoms with van der Waals surface area (Å²) in [5.74, 6) is 0.794. The summed E-state index contributed by atoms with van der Waals surface area (Å²) in [6.07, 6.45) is 0. The number of fused-ring (bicyclic) bond motifs is 2. The Balaban J connectivity index is 1.28. The van der Waals surface area contributed by atoms with Gasteiger partial charge in [-0.1, -0.05) is 12.1 Å². The van der Waals surface area contributed by atoms with Gasteiger partial charge in [-0.05, 0) is 54.7 Å². The van der Waals surface area contributed by atoms with Crippen molar-refractivity contribution in [1.82, 2.24) is 10.3 Å². The van der Waals surface area contributed by atoms with Gasteiger partial charge in [0.1, 0.15) is 10.8 Å². The normalized spacial score (nSPS) is 12.0. The van der Waals surface area contributed by atoms with Crippen molar-refractivity contribution in [2.45, 2.75) is 0 Å². The van der Waals surface area contributed by atoms with E-state index in [-0.39, 0.29) is 23.6 Å². The molecule has 1 aliphatic rings. The highest BCUT2D eigenvalue weighted by Gasteiger charge is 2.17. The lowest BCUT2D eigenvalue weighted by molar-refractivity contribution is 0.0977. The minimum Gasteiger partial charge on any atom is -0.507 e. The van der Waals surface area contributed by atoms with Crippen LogP contribution in [0, 0.1) is 0 Å². The fraction of sp³-hybridized carbons (Fsp3) is 0.0455. The lowest BCUT2D eigenvalue weighted by atomic mass is 10.2. The average molecular weight is 450 g/mol. The fourth-order valence-electron chi connectivity index (χ4n) is 3.15. The number of ether oxygens (including phenoxy) is 2. The second-order valence-electron chi connectivity index (χ2n) is 6.69. The van der Waals surface area contributed by atoms with Crippen LogP contribution in [0.4, 0.5) is 5.69 Å². The second kappa shape index (κ2) is 7.86. The quantitative estimate of drug-likeness (QED) is 0.396. The summed E-state index contributed by atoms with van der Waals surface area (Å²) in [6.45, 7) is 0.136. The number of rotatable bonds is 3. The maximum absolute atomic E-state index is 12.4. The molecule has 0 fully saturated rings. The van der Waals surface area contributed by atoms with E-state index in [0.717, 1.165) is 15.2 Å². The summed E-state index contributed by atoms with van der Waals surface area (Å²) < 4.78 is 11.6. The molecule has 0 spiro atoms. The molecule has 31 heavy (non-hydrogen) atoms. The number of hydrogen-bond donors (Lipinski definition) is 3. The standard InChI is InChI=1S/C22H15N3O4S2/c26-16-10-13(6-7-14(16)21-24-15-3-1-2-4-19(15)31-21)23-22(30)25-20(27)12-5-8-17-18(9-12)29-11-28-17/h1-10,26H,11H2,(H2,23,25,27,30). The van der Waals surface area contributed by atoms with Crippen molar-refractivity contribution < 1.29 is 19.4 Å². The molecule has 0 saturated heterocycles. The molecule has 0 aliphatic carbocycles. The molecule has 3 N–H and O–H groups in total. The SMILES string of the molecule is O=C(NC(=S)Nc1ccc(-c2nc3ccccc3s2)c(O)c1)c1ccc2c(c1)OCO2. The van der Waals surface area contributed by atoms with Crippen molar-refractivity contribution in [1.29, 1.82) is 0 Å². The zero-order chi connectivity index (χ0) is 21.4. The molecular weight excluding hydrogens is 434 g/mol. The number of phenolic OH excluding ortho intramolecular Hbond substituents is 1. The Labute approximate surface area is 186 Å². The molecule has 3 aromatic carbocycles. The van der Waals surface area contributed by atoms with Crippen molar-refractivity contribution in [3.05, 3.63) is 66.2 Å². The number of thiocarbonyl (C=S) groups is 1. The molecule has 1 aliphatic heterocycles. The van der Waals surface area contributed by atoms with Gasteiger partial charge in [0.25, 0.3) is 5.91 Å². The molecular formula is C22H15N3O4S2. The van der Waals surface area contributed by atoms with E-state index in [4.69, 9.17) is 21.7 Å². The van der Waals surface area contributed by atoms with Crippen LogP contribution in [0.15, 0.2) is 60.7 Å². The van der Waals surface area contributed by atoms with Gasteiger partial charge in [-0.25, -0.2) is 4.98 Å². The summed E-state index contributed by atoms with van der Waals surface area (Å²) >= 11 is 6.74. The Morgan fingerprint density at radius 1 is 1.06 bits per heavy atom. The van der Waals surface area contributed by atoms with E-state index in [1.54, 1.807) is 36.4 Å². The third kappa shape index (κ3) is 3.88. The van der Waals surface area contributed by atoms with E-state index in [0.29, 0.717) is 28.3 Å². The summed E-state index contributed by atoms with van der Waals surface area (Å²) in [5, 5.41) is 16.9. The number of carbonyl (C=O) groups excluding carboxylic acids is 1. The third-order valence-electron chi connectivity index (χ3n) is 4.64. The molecule has 154 valence electrons. The molecule has 4 aromatic rings. The average Bonchev–Trinajstić information content (AvgIpc) is 3.39. The minimum absolute atomic E-state index is 0.0638. The highest BCUT2D eigenvalue weighted by molar-refractivity contribution is 7.80. The molecule has 9 heteroatoms. The molecule has 1 aromatic heterocycles. The number of para-hydroxylation sites is 1. The first-order valence-corrected chi connectivity index (χ1v) is 10.5. The van der Waals surface area contributed by atoms with Crippen molar-refractivity contribution in [2.75, 3.05) is 12.1 Å². The van der Waals surface area contributed by atoms with Crippen LogP contribution < -0.4 is 20.1 Å². The number of aromatic hydroxyl groups is 1. The predicted octanol–water partition coefficient (Wildman–Crippen LogP) is 4.52. The Bertz CT molecular complexity index is 1300. The number of hydrogen-bond acceptors (Lipinski definition) is 7. The van der Waals surface area contributed by atoms with Crippen LogP contribution in [0.3, 0.4) is 0 Å². The molecule has 0 unspecified atom stereocenters. The van der Waals surface area contributed by atoms with Gasteiger partial charge in [0.2, 0.25) is 6.79 Å². The third-order valence-corrected chi connectivity index (χ3v) is 5.92. The van der Waals surface area contributed by atoms with Crippen molar-refractivity contribution in [3.8, 4) is 27.8 Å². The number of benzene rings is 3. The minimum atomic E-state index is -0.383. The number of aromatic nitrogens is 1. The Morgan fingerprint density at radius 2 is 1.90 bits per heavy atom. The molecule has 0 bridgehead atoms. The van der Waals surface area contributed by atoms with Gasteiger partial charge in [-0.15, -0.1) is 11.3 Å². The van der Waals surface area contributed by atoms with E-state index in [1.165, 1.54) is 11.3 Å².